The van der Waals surface area contributed by atoms with Gasteiger partial charge in [0.1, 0.15) is 6.10 Å². The van der Waals surface area contributed by atoms with Gasteiger partial charge in [0.15, 0.2) is 0 Å². The Kier molecular flexibility index (Phi) is 9.79. The van der Waals surface area contributed by atoms with E-state index in [4.69, 9.17) is 21.1 Å². The molecule has 0 heterocycles. The van der Waals surface area contributed by atoms with E-state index in [0.717, 1.165) is 0 Å². The lowest BCUT2D eigenvalue weighted by molar-refractivity contribution is -0.120. The van der Waals surface area contributed by atoms with E-state index in [9.17, 15) is 4.79 Å². The minimum absolute atomic E-state index is 0.00926. The van der Waals surface area contributed by atoms with E-state index in [1.807, 2.05) is 0 Å². The van der Waals surface area contributed by atoms with Crippen molar-refractivity contribution in [2.24, 2.45) is 11.7 Å². The van der Waals surface area contributed by atoms with Crippen LogP contribution in [0.3, 0.4) is 0 Å². The van der Waals surface area contributed by atoms with Gasteiger partial charge in [0.2, 0.25) is 5.91 Å². The third-order valence-electron chi connectivity index (χ3n) is 0.991. The molecule has 5 N–H and O–H groups in total. The van der Waals surface area contributed by atoms with Crippen LogP contribution in [0.15, 0.2) is 0 Å². The van der Waals surface area contributed by atoms with Crippen molar-refractivity contribution in [3.8, 4) is 0 Å². The maximum atomic E-state index is 9.92. The standard InChI is InChI=1S/C4H9NO.C3H8O3/c1-3(2)4(5)6;4-1-3(6)2-5/h3H,1-2H3,(H2,5,6);3-6H,1-2H2. The van der Waals surface area contributed by atoms with Crippen molar-refractivity contribution in [1.82, 2.24) is 0 Å². The first kappa shape index (κ1) is 13.9. The van der Waals surface area contributed by atoms with Crippen LogP contribution in [-0.4, -0.2) is 40.5 Å². The lowest BCUT2D eigenvalue weighted by atomic mass is 10.2. The van der Waals surface area contributed by atoms with E-state index >= 15 is 0 Å². The average Bonchev–Trinajstić information content (AvgIpc) is 2.04. The van der Waals surface area contributed by atoms with Crippen LogP contribution in [0.25, 0.3) is 0 Å². The van der Waals surface area contributed by atoms with Crippen molar-refractivity contribution in [2.75, 3.05) is 13.2 Å². The first-order valence-corrected chi connectivity index (χ1v) is 3.64. The molecule has 0 fully saturated rings. The quantitative estimate of drug-likeness (QED) is 0.421. The zero-order valence-electron chi connectivity index (χ0n) is 7.40. The number of rotatable bonds is 3. The summed E-state index contributed by atoms with van der Waals surface area (Å²) in [6, 6.07) is 0. The van der Waals surface area contributed by atoms with E-state index in [1.54, 1.807) is 13.8 Å². The summed E-state index contributed by atoms with van der Waals surface area (Å²) in [7, 11) is 0. The summed E-state index contributed by atoms with van der Waals surface area (Å²) in [6.45, 7) is 2.80. The molecule has 0 aromatic carbocycles. The van der Waals surface area contributed by atoms with Gasteiger partial charge in [0, 0.05) is 5.92 Å². The van der Waals surface area contributed by atoms with E-state index in [0.29, 0.717) is 0 Å². The number of aliphatic hydroxyl groups is 3. The Bertz CT molecular complexity index is 112. The summed E-state index contributed by atoms with van der Waals surface area (Å²) in [6.07, 6.45) is -0.954. The molecule has 0 rings (SSSR count). The van der Waals surface area contributed by atoms with E-state index in [1.165, 1.54) is 0 Å². The smallest absolute Gasteiger partial charge is 0.219 e. The van der Waals surface area contributed by atoms with Crippen LogP contribution in [0.1, 0.15) is 13.8 Å². The summed E-state index contributed by atoms with van der Waals surface area (Å²) in [5, 5.41) is 24.0. The Hall–Kier alpha value is -0.650. The van der Waals surface area contributed by atoms with Crippen LogP contribution in [-0.2, 0) is 4.79 Å². The summed E-state index contributed by atoms with van der Waals surface area (Å²) >= 11 is 0. The van der Waals surface area contributed by atoms with Gasteiger partial charge in [-0.25, -0.2) is 0 Å². The topological polar surface area (TPSA) is 104 Å². The molecule has 12 heavy (non-hydrogen) atoms. The predicted molar refractivity (Wildman–Crippen MR) is 44.2 cm³/mol. The molecule has 0 saturated heterocycles. The maximum absolute atomic E-state index is 9.92. The second-order valence-electron chi connectivity index (χ2n) is 2.58. The normalized spacial score (nSPS) is 9.58. The van der Waals surface area contributed by atoms with Gasteiger partial charge >= 0.3 is 0 Å². The summed E-state index contributed by atoms with van der Waals surface area (Å²) in [4.78, 5) is 9.92. The van der Waals surface area contributed by atoms with Gasteiger partial charge in [-0.1, -0.05) is 13.8 Å². The molecular weight excluding hydrogens is 162 g/mol. The van der Waals surface area contributed by atoms with Gasteiger partial charge in [-0.3, -0.25) is 4.79 Å². The van der Waals surface area contributed by atoms with Crippen molar-refractivity contribution in [3.63, 3.8) is 0 Å². The zero-order chi connectivity index (χ0) is 10.1. The van der Waals surface area contributed by atoms with E-state index in [-0.39, 0.29) is 25.0 Å². The van der Waals surface area contributed by atoms with Gasteiger partial charge in [-0.05, 0) is 0 Å². The molecule has 0 bridgehead atoms. The number of amides is 1. The van der Waals surface area contributed by atoms with Crippen LogP contribution in [0, 0.1) is 5.92 Å². The number of primary amides is 1. The first-order valence-electron chi connectivity index (χ1n) is 3.64. The Morgan fingerprint density at radius 3 is 1.58 bits per heavy atom. The molecule has 0 aromatic rings. The van der Waals surface area contributed by atoms with Crippen LogP contribution in [0.4, 0.5) is 0 Å². The highest BCUT2D eigenvalue weighted by atomic mass is 16.3. The van der Waals surface area contributed by atoms with Crippen molar-refractivity contribution < 1.29 is 20.1 Å². The molecule has 74 valence electrons. The number of nitrogens with two attached hydrogens (primary N) is 1. The van der Waals surface area contributed by atoms with Crippen molar-refractivity contribution in [1.29, 1.82) is 0 Å². The van der Waals surface area contributed by atoms with Gasteiger partial charge < -0.3 is 21.1 Å². The molecule has 0 aliphatic rings. The van der Waals surface area contributed by atoms with Crippen LogP contribution in [0.2, 0.25) is 0 Å². The van der Waals surface area contributed by atoms with Gasteiger partial charge in [-0.15, -0.1) is 0 Å². The van der Waals surface area contributed by atoms with Crippen LogP contribution in [0.5, 0.6) is 0 Å². The Morgan fingerprint density at radius 2 is 1.58 bits per heavy atom. The molecule has 0 aromatic heterocycles. The highest BCUT2D eigenvalue weighted by molar-refractivity contribution is 5.75. The van der Waals surface area contributed by atoms with Crippen molar-refractivity contribution in [3.05, 3.63) is 0 Å². The molecule has 0 saturated carbocycles. The molecule has 0 atom stereocenters. The number of hydrogen-bond acceptors (Lipinski definition) is 4. The van der Waals surface area contributed by atoms with Crippen LogP contribution >= 0.6 is 0 Å². The third kappa shape index (κ3) is 12.1. The molecule has 0 spiro atoms. The minimum Gasteiger partial charge on any atom is -0.394 e. The molecule has 0 aliphatic heterocycles. The Balaban J connectivity index is 0. The fourth-order valence-electron chi connectivity index (χ4n) is 0.0577. The Labute approximate surface area is 71.8 Å². The lowest BCUT2D eigenvalue weighted by Gasteiger charge is -1.96. The highest BCUT2D eigenvalue weighted by Crippen LogP contribution is 1.84. The molecule has 5 heteroatoms. The van der Waals surface area contributed by atoms with Gasteiger partial charge in [-0.2, -0.15) is 0 Å². The second kappa shape index (κ2) is 8.45. The molecular formula is C7H17NO4. The molecule has 0 unspecified atom stereocenters. The fraction of sp³-hybridized carbons (Fsp3) is 0.857. The summed E-state index contributed by atoms with van der Waals surface area (Å²) in [5.74, 6) is -0.250. The fourth-order valence-corrected chi connectivity index (χ4v) is 0.0577. The SMILES string of the molecule is CC(C)C(N)=O.OCC(O)CO. The predicted octanol–water partition coefficient (Wildman–Crippen LogP) is -1.54. The highest BCUT2D eigenvalue weighted by Gasteiger charge is 1.96. The number of carbonyl (C=O) groups excluding carboxylic acids is 1. The number of aliphatic hydroxyl groups excluding tert-OH is 3. The molecule has 5 nitrogen and oxygen atoms in total. The van der Waals surface area contributed by atoms with E-state index < -0.39 is 6.10 Å². The van der Waals surface area contributed by atoms with Gasteiger partial charge in [0.25, 0.3) is 0 Å². The number of hydrogen-bond donors (Lipinski definition) is 4. The molecule has 1 amide bonds. The third-order valence-corrected chi connectivity index (χ3v) is 0.991. The lowest BCUT2D eigenvalue weighted by Crippen LogP contribution is -2.17. The molecule has 0 radical (unpaired) electrons. The van der Waals surface area contributed by atoms with Crippen molar-refractivity contribution in [2.45, 2.75) is 20.0 Å². The first-order chi connectivity index (χ1) is 5.45. The van der Waals surface area contributed by atoms with Crippen molar-refractivity contribution >= 4 is 5.91 Å². The van der Waals surface area contributed by atoms with Crippen LogP contribution < -0.4 is 5.73 Å². The average molecular weight is 179 g/mol. The molecule has 0 aliphatic carbocycles. The monoisotopic (exact) mass is 179 g/mol. The van der Waals surface area contributed by atoms with E-state index in [2.05, 4.69) is 0 Å². The van der Waals surface area contributed by atoms with Gasteiger partial charge in [0.05, 0.1) is 13.2 Å². The number of carbonyl (C=O) groups is 1. The summed E-state index contributed by atoms with van der Waals surface area (Å²) < 4.78 is 0. The second-order valence-corrected chi connectivity index (χ2v) is 2.58. The summed E-state index contributed by atoms with van der Waals surface area (Å²) in [5.41, 5.74) is 4.80. The maximum Gasteiger partial charge on any atom is 0.219 e. The Morgan fingerprint density at radius 1 is 1.33 bits per heavy atom. The minimum atomic E-state index is -0.954. The zero-order valence-corrected chi connectivity index (χ0v) is 7.40. The largest absolute Gasteiger partial charge is 0.394 e.